The Morgan fingerprint density at radius 2 is 1.81 bits per heavy atom. The average molecular weight is 307 g/mol. The van der Waals surface area contributed by atoms with E-state index < -0.39 is 0 Å². The summed E-state index contributed by atoms with van der Waals surface area (Å²) in [5.74, 6) is 1.29. The Balaban J connectivity index is 1.56. The molecular weight excluding hydrogens is 284 g/mol. The number of nitrogens with zero attached hydrogens (tertiary/aromatic N) is 2. The molecule has 1 atom stereocenters. The van der Waals surface area contributed by atoms with Crippen molar-refractivity contribution in [3.8, 4) is 0 Å². The molecule has 1 aliphatic carbocycles. The summed E-state index contributed by atoms with van der Waals surface area (Å²) in [4.78, 5) is 16.6. The second-order valence-corrected chi connectivity index (χ2v) is 6.45. The third-order valence-electron chi connectivity index (χ3n) is 4.72. The topological polar surface area (TPSA) is 23.6 Å². The number of piperazine rings is 1. The molecule has 21 heavy (non-hydrogen) atoms. The van der Waals surface area contributed by atoms with Gasteiger partial charge in [0, 0.05) is 44.0 Å². The van der Waals surface area contributed by atoms with Gasteiger partial charge in [0.1, 0.15) is 0 Å². The van der Waals surface area contributed by atoms with Gasteiger partial charge in [-0.3, -0.25) is 9.69 Å². The van der Waals surface area contributed by atoms with Gasteiger partial charge in [0.05, 0.1) is 0 Å². The predicted molar refractivity (Wildman–Crippen MR) is 85.3 cm³/mol. The Kier molecular flexibility index (Phi) is 4.51. The van der Waals surface area contributed by atoms with Crippen LogP contribution in [0.3, 0.4) is 0 Å². The third kappa shape index (κ3) is 3.41. The summed E-state index contributed by atoms with van der Waals surface area (Å²) in [7, 11) is 0. The largest absolute Gasteiger partial charge is 0.340 e. The van der Waals surface area contributed by atoms with Crippen molar-refractivity contribution in [2.45, 2.75) is 31.7 Å². The van der Waals surface area contributed by atoms with E-state index in [9.17, 15) is 4.79 Å². The molecule has 0 bridgehead atoms. The van der Waals surface area contributed by atoms with Gasteiger partial charge in [-0.05, 0) is 30.9 Å². The standard InChI is InChI=1S/C17H23ClN2O/c1-13(15-4-2-14(12-18)3-5-15)19-8-10-20(11-9-19)17(21)16-6-7-16/h2-5,13,16H,6-12H2,1H3. The highest BCUT2D eigenvalue weighted by Crippen LogP contribution is 2.31. The maximum atomic E-state index is 12.1. The smallest absolute Gasteiger partial charge is 0.225 e. The number of carbonyl (C=O) groups is 1. The third-order valence-corrected chi connectivity index (χ3v) is 5.03. The van der Waals surface area contributed by atoms with E-state index in [0.29, 0.717) is 23.7 Å². The van der Waals surface area contributed by atoms with E-state index in [-0.39, 0.29) is 0 Å². The summed E-state index contributed by atoms with van der Waals surface area (Å²) in [5.41, 5.74) is 2.48. The van der Waals surface area contributed by atoms with Crippen molar-refractivity contribution in [2.24, 2.45) is 5.92 Å². The lowest BCUT2D eigenvalue weighted by molar-refractivity contribution is -0.134. The minimum atomic E-state index is 0.345. The Morgan fingerprint density at radius 1 is 1.19 bits per heavy atom. The molecule has 1 amide bonds. The highest BCUT2D eigenvalue weighted by atomic mass is 35.5. The first-order valence-corrected chi connectivity index (χ1v) is 8.40. The van der Waals surface area contributed by atoms with Crippen LogP contribution in [0.1, 0.15) is 36.9 Å². The van der Waals surface area contributed by atoms with Crippen LogP contribution in [0.2, 0.25) is 0 Å². The Hall–Kier alpha value is -1.06. The molecule has 114 valence electrons. The molecular formula is C17H23ClN2O. The molecule has 2 aliphatic rings. The van der Waals surface area contributed by atoms with E-state index in [0.717, 1.165) is 44.6 Å². The zero-order valence-corrected chi connectivity index (χ0v) is 13.4. The first-order valence-electron chi connectivity index (χ1n) is 7.86. The van der Waals surface area contributed by atoms with Crippen molar-refractivity contribution in [1.29, 1.82) is 0 Å². The summed E-state index contributed by atoms with van der Waals surface area (Å²) >= 11 is 5.84. The van der Waals surface area contributed by atoms with E-state index in [1.54, 1.807) is 0 Å². The minimum absolute atomic E-state index is 0.345. The second-order valence-electron chi connectivity index (χ2n) is 6.19. The highest BCUT2D eigenvalue weighted by Gasteiger charge is 2.35. The molecule has 0 N–H and O–H groups in total. The first-order chi connectivity index (χ1) is 10.2. The number of hydrogen-bond acceptors (Lipinski definition) is 2. The first kappa shape index (κ1) is 14.9. The summed E-state index contributed by atoms with van der Waals surface area (Å²) < 4.78 is 0. The van der Waals surface area contributed by atoms with Crippen molar-refractivity contribution in [2.75, 3.05) is 26.2 Å². The van der Waals surface area contributed by atoms with Crippen molar-refractivity contribution in [3.63, 3.8) is 0 Å². The monoisotopic (exact) mass is 306 g/mol. The summed E-state index contributed by atoms with van der Waals surface area (Å²) in [6, 6.07) is 8.94. The molecule has 3 rings (SSSR count). The highest BCUT2D eigenvalue weighted by molar-refractivity contribution is 6.17. The summed E-state index contributed by atoms with van der Waals surface area (Å²) in [5, 5.41) is 0. The van der Waals surface area contributed by atoms with Crippen molar-refractivity contribution in [1.82, 2.24) is 9.80 Å². The van der Waals surface area contributed by atoms with E-state index in [1.165, 1.54) is 5.56 Å². The van der Waals surface area contributed by atoms with Crippen LogP contribution in [-0.2, 0) is 10.7 Å². The number of hydrogen-bond donors (Lipinski definition) is 0. The maximum Gasteiger partial charge on any atom is 0.225 e. The van der Waals surface area contributed by atoms with Gasteiger partial charge in [-0.1, -0.05) is 24.3 Å². The van der Waals surface area contributed by atoms with Gasteiger partial charge in [-0.2, -0.15) is 0 Å². The van der Waals surface area contributed by atoms with Crippen molar-refractivity contribution in [3.05, 3.63) is 35.4 Å². The summed E-state index contributed by atoms with van der Waals surface area (Å²) in [6.45, 7) is 5.93. The van der Waals surface area contributed by atoms with Crippen LogP contribution >= 0.6 is 11.6 Å². The van der Waals surface area contributed by atoms with Crippen LogP contribution in [0.5, 0.6) is 0 Å². The molecule has 1 aliphatic heterocycles. The normalized spacial score (nSPS) is 21.3. The molecule has 1 saturated heterocycles. The number of halogens is 1. The molecule has 1 aromatic carbocycles. The van der Waals surface area contributed by atoms with Gasteiger partial charge in [0.15, 0.2) is 0 Å². The molecule has 3 nitrogen and oxygen atoms in total. The lowest BCUT2D eigenvalue weighted by Gasteiger charge is -2.38. The van der Waals surface area contributed by atoms with Crippen LogP contribution in [0.4, 0.5) is 0 Å². The Morgan fingerprint density at radius 3 is 2.33 bits per heavy atom. The van der Waals surface area contributed by atoms with Crippen molar-refractivity contribution < 1.29 is 4.79 Å². The SMILES string of the molecule is CC(c1ccc(CCl)cc1)N1CCN(C(=O)C2CC2)CC1. The van der Waals surface area contributed by atoms with Gasteiger partial charge in [-0.15, -0.1) is 11.6 Å². The van der Waals surface area contributed by atoms with Crippen LogP contribution in [0, 0.1) is 5.92 Å². The fourth-order valence-electron chi connectivity index (χ4n) is 3.01. The quantitative estimate of drug-likeness (QED) is 0.798. The van der Waals surface area contributed by atoms with Crippen LogP contribution in [0.15, 0.2) is 24.3 Å². The van der Waals surface area contributed by atoms with Crippen LogP contribution < -0.4 is 0 Å². The number of benzene rings is 1. The van der Waals surface area contributed by atoms with Crippen LogP contribution in [-0.4, -0.2) is 41.9 Å². The zero-order valence-electron chi connectivity index (χ0n) is 12.6. The number of alkyl halides is 1. The molecule has 1 aromatic rings. The fraction of sp³-hybridized carbons (Fsp3) is 0.588. The van der Waals surface area contributed by atoms with E-state index in [4.69, 9.17) is 11.6 Å². The number of amides is 1. The summed E-state index contributed by atoms with van der Waals surface area (Å²) in [6.07, 6.45) is 2.20. The maximum absolute atomic E-state index is 12.1. The van der Waals surface area contributed by atoms with E-state index in [2.05, 4.69) is 41.0 Å². The van der Waals surface area contributed by atoms with Gasteiger partial charge in [0.2, 0.25) is 5.91 Å². The molecule has 1 unspecified atom stereocenters. The Bertz CT molecular complexity index is 490. The van der Waals surface area contributed by atoms with Gasteiger partial charge < -0.3 is 4.90 Å². The number of carbonyl (C=O) groups excluding carboxylic acids is 1. The molecule has 1 saturated carbocycles. The Labute approximate surface area is 131 Å². The van der Waals surface area contributed by atoms with Gasteiger partial charge in [0.25, 0.3) is 0 Å². The predicted octanol–water partition coefficient (Wildman–Crippen LogP) is 3.04. The van der Waals surface area contributed by atoms with Crippen LogP contribution in [0.25, 0.3) is 0 Å². The molecule has 0 spiro atoms. The second kappa shape index (κ2) is 6.37. The lowest BCUT2D eigenvalue weighted by Crippen LogP contribution is -2.49. The van der Waals surface area contributed by atoms with E-state index >= 15 is 0 Å². The molecule has 4 heteroatoms. The zero-order chi connectivity index (χ0) is 14.8. The van der Waals surface area contributed by atoms with Crippen molar-refractivity contribution >= 4 is 17.5 Å². The molecule has 2 fully saturated rings. The molecule has 1 heterocycles. The number of rotatable bonds is 4. The lowest BCUT2D eigenvalue weighted by atomic mass is 10.0. The molecule has 0 aromatic heterocycles. The van der Waals surface area contributed by atoms with Gasteiger partial charge >= 0.3 is 0 Å². The minimum Gasteiger partial charge on any atom is -0.340 e. The fourth-order valence-corrected chi connectivity index (χ4v) is 3.19. The molecule has 0 radical (unpaired) electrons. The average Bonchev–Trinajstić information content (AvgIpc) is 3.39. The van der Waals surface area contributed by atoms with Gasteiger partial charge in [-0.25, -0.2) is 0 Å². The van der Waals surface area contributed by atoms with E-state index in [1.807, 2.05) is 0 Å².